The van der Waals surface area contributed by atoms with Gasteiger partial charge in [0.25, 0.3) is 0 Å². The summed E-state index contributed by atoms with van der Waals surface area (Å²) < 4.78 is 11.6. The van der Waals surface area contributed by atoms with Gasteiger partial charge in [-0.2, -0.15) is 0 Å². The van der Waals surface area contributed by atoms with Gasteiger partial charge < -0.3 is 14.8 Å². The summed E-state index contributed by atoms with van der Waals surface area (Å²) in [5.41, 5.74) is 1.17. The maximum Gasteiger partial charge on any atom is 0.163 e. The van der Waals surface area contributed by atoms with Crippen LogP contribution in [0, 0.1) is 5.92 Å². The first-order chi connectivity index (χ1) is 10.8. The molecule has 0 amide bonds. The minimum Gasteiger partial charge on any atom is -0.493 e. The molecule has 1 aromatic rings. The van der Waals surface area contributed by atoms with Crippen molar-refractivity contribution in [2.24, 2.45) is 5.92 Å². The van der Waals surface area contributed by atoms with E-state index in [-0.39, 0.29) is 0 Å². The van der Waals surface area contributed by atoms with Crippen LogP contribution in [0.4, 0.5) is 0 Å². The molecular formula is C18H26ClNO2. The van der Waals surface area contributed by atoms with E-state index >= 15 is 0 Å². The van der Waals surface area contributed by atoms with Crippen LogP contribution in [0.1, 0.15) is 44.1 Å². The maximum atomic E-state index is 6.51. The lowest BCUT2D eigenvalue weighted by atomic mass is 9.92. The van der Waals surface area contributed by atoms with Gasteiger partial charge in [-0.05, 0) is 75.6 Å². The van der Waals surface area contributed by atoms with Gasteiger partial charge in [0.15, 0.2) is 11.5 Å². The molecule has 0 aromatic heterocycles. The van der Waals surface area contributed by atoms with Crippen LogP contribution in [0.15, 0.2) is 12.1 Å². The van der Waals surface area contributed by atoms with E-state index in [2.05, 4.69) is 11.4 Å². The Morgan fingerprint density at radius 1 is 1.14 bits per heavy atom. The molecule has 2 fully saturated rings. The molecule has 1 aliphatic heterocycles. The highest BCUT2D eigenvalue weighted by molar-refractivity contribution is 6.31. The summed E-state index contributed by atoms with van der Waals surface area (Å²) in [5.74, 6) is 2.28. The van der Waals surface area contributed by atoms with Crippen molar-refractivity contribution in [2.75, 3.05) is 20.2 Å². The van der Waals surface area contributed by atoms with Crippen LogP contribution in [0.3, 0.4) is 0 Å². The van der Waals surface area contributed by atoms with Crippen molar-refractivity contribution in [2.45, 2.75) is 51.0 Å². The van der Waals surface area contributed by atoms with Crippen LogP contribution >= 0.6 is 11.6 Å². The minimum atomic E-state index is 0.318. The maximum absolute atomic E-state index is 6.51. The van der Waals surface area contributed by atoms with Gasteiger partial charge in [0.05, 0.1) is 13.2 Å². The Kier molecular flexibility index (Phi) is 5.48. The van der Waals surface area contributed by atoms with Crippen molar-refractivity contribution >= 4 is 11.6 Å². The van der Waals surface area contributed by atoms with Crippen LogP contribution in [0.5, 0.6) is 11.5 Å². The zero-order valence-electron chi connectivity index (χ0n) is 13.4. The number of hydrogen-bond acceptors (Lipinski definition) is 3. The molecule has 4 heteroatoms. The Hall–Kier alpha value is -0.930. The van der Waals surface area contributed by atoms with Gasteiger partial charge in [0, 0.05) is 11.1 Å². The van der Waals surface area contributed by atoms with Crippen LogP contribution < -0.4 is 14.8 Å². The molecule has 1 aromatic carbocycles. The first kappa shape index (κ1) is 15.9. The van der Waals surface area contributed by atoms with Crippen molar-refractivity contribution in [1.82, 2.24) is 5.32 Å². The number of rotatable bonds is 5. The fourth-order valence-corrected chi connectivity index (χ4v) is 3.81. The molecule has 22 heavy (non-hydrogen) atoms. The summed E-state index contributed by atoms with van der Waals surface area (Å²) in [4.78, 5) is 0. The Morgan fingerprint density at radius 3 is 2.64 bits per heavy atom. The van der Waals surface area contributed by atoms with Gasteiger partial charge in [0.1, 0.15) is 0 Å². The monoisotopic (exact) mass is 323 g/mol. The zero-order chi connectivity index (χ0) is 15.4. The fourth-order valence-electron chi connectivity index (χ4n) is 3.58. The molecule has 0 spiro atoms. The highest BCUT2D eigenvalue weighted by atomic mass is 35.5. The Bertz CT molecular complexity index is 494. The molecular weight excluding hydrogens is 298 g/mol. The minimum absolute atomic E-state index is 0.318. The Labute approximate surface area is 138 Å². The largest absolute Gasteiger partial charge is 0.493 e. The standard InChI is InChI=1S/C18H26ClNO2/c1-21-17-10-14(9-13-5-4-8-20-12-13)16(19)11-18(17)22-15-6-2-3-7-15/h10-11,13,15,20H,2-9,12H2,1H3. The molecule has 3 nitrogen and oxygen atoms in total. The van der Waals surface area contributed by atoms with Gasteiger partial charge in [-0.3, -0.25) is 0 Å². The summed E-state index contributed by atoms with van der Waals surface area (Å²) in [6.45, 7) is 2.22. The lowest BCUT2D eigenvalue weighted by Gasteiger charge is -2.24. The van der Waals surface area contributed by atoms with Gasteiger partial charge in [-0.15, -0.1) is 0 Å². The van der Waals surface area contributed by atoms with Gasteiger partial charge in [-0.1, -0.05) is 11.6 Å². The lowest BCUT2D eigenvalue weighted by Crippen LogP contribution is -2.30. The van der Waals surface area contributed by atoms with Crippen molar-refractivity contribution in [1.29, 1.82) is 0 Å². The zero-order valence-corrected chi connectivity index (χ0v) is 14.1. The molecule has 1 N–H and O–H groups in total. The molecule has 2 aliphatic rings. The predicted molar refractivity (Wildman–Crippen MR) is 90.2 cm³/mol. The molecule has 0 radical (unpaired) electrons. The topological polar surface area (TPSA) is 30.5 Å². The smallest absolute Gasteiger partial charge is 0.163 e. The van der Waals surface area contributed by atoms with E-state index in [0.29, 0.717) is 12.0 Å². The summed E-state index contributed by atoms with van der Waals surface area (Å²) >= 11 is 6.51. The first-order valence-electron chi connectivity index (χ1n) is 8.50. The third kappa shape index (κ3) is 3.88. The van der Waals surface area contributed by atoms with Gasteiger partial charge in [0.2, 0.25) is 0 Å². The second-order valence-corrected chi connectivity index (χ2v) is 6.94. The van der Waals surface area contributed by atoms with Crippen molar-refractivity contribution in [3.05, 3.63) is 22.7 Å². The lowest BCUT2D eigenvalue weighted by molar-refractivity contribution is 0.200. The molecule has 3 rings (SSSR count). The number of benzene rings is 1. The molecule has 1 saturated carbocycles. The number of methoxy groups -OCH3 is 1. The number of nitrogens with one attached hydrogen (secondary N) is 1. The van der Waals surface area contributed by atoms with E-state index in [9.17, 15) is 0 Å². The van der Waals surface area contributed by atoms with Gasteiger partial charge in [-0.25, -0.2) is 0 Å². The number of piperidine rings is 1. The van der Waals surface area contributed by atoms with Crippen LogP contribution in [0.2, 0.25) is 5.02 Å². The van der Waals surface area contributed by atoms with Crippen LogP contribution in [-0.2, 0) is 6.42 Å². The molecule has 1 heterocycles. The summed E-state index contributed by atoms with van der Waals surface area (Å²) in [6.07, 6.45) is 8.63. The third-order valence-electron chi connectivity index (χ3n) is 4.84. The number of hydrogen-bond donors (Lipinski definition) is 1. The average molecular weight is 324 g/mol. The van der Waals surface area contributed by atoms with E-state index < -0.39 is 0 Å². The second kappa shape index (κ2) is 7.56. The van der Waals surface area contributed by atoms with Crippen LogP contribution in [-0.4, -0.2) is 26.3 Å². The molecule has 1 saturated heterocycles. The van der Waals surface area contributed by atoms with E-state index in [1.165, 1.54) is 31.2 Å². The summed E-state index contributed by atoms with van der Waals surface area (Å²) in [6, 6.07) is 4.02. The number of halogens is 1. The predicted octanol–water partition coefficient (Wildman–Crippen LogP) is 4.21. The molecule has 1 atom stereocenters. The molecule has 1 unspecified atom stereocenters. The van der Waals surface area contributed by atoms with Crippen LogP contribution in [0.25, 0.3) is 0 Å². The molecule has 0 bridgehead atoms. The average Bonchev–Trinajstić information content (AvgIpc) is 3.04. The Balaban J connectivity index is 1.73. The van der Waals surface area contributed by atoms with E-state index in [1.54, 1.807) is 7.11 Å². The normalized spacial score (nSPS) is 22.7. The SMILES string of the molecule is COc1cc(CC2CCCNC2)c(Cl)cc1OC1CCCC1. The highest BCUT2D eigenvalue weighted by Crippen LogP contribution is 2.37. The number of ether oxygens (including phenoxy) is 2. The first-order valence-corrected chi connectivity index (χ1v) is 8.88. The quantitative estimate of drug-likeness (QED) is 0.880. The third-order valence-corrected chi connectivity index (χ3v) is 5.19. The summed E-state index contributed by atoms with van der Waals surface area (Å²) in [5, 5.41) is 4.27. The van der Waals surface area contributed by atoms with Crippen molar-refractivity contribution in [3.63, 3.8) is 0 Å². The van der Waals surface area contributed by atoms with E-state index in [4.69, 9.17) is 21.1 Å². The highest BCUT2D eigenvalue weighted by Gasteiger charge is 2.21. The fraction of sp³-hybridized carbons (Fsp3) is 0.667. The van der Waals surface area contributed by atoms with E-state index in [0.717, 1.165) is 48.9 Å². The molecule has 1 aliphatic carbocycles. The summed E-state index contributed by atoms with van der Waals surface area (Å²) in [7, 11) is 1.71. The second-order valence-electron chi connectivity index (χ2n) is 6.54. The Morgan fingerprint density at radius 2 is 1.95 bits per heavy atom. The van der Waals surface area contributed by atoms with Crippen molar-refractivity contribution in [3.8, 4) is 11.5 Å². The van der Waals surface area contributed by atoms with Crippen molar-refractivity contribution < 1.29 is 9.47 Å². The van der Waals surface area contributed by atoms with E-state index in [1.807, 2.05) is 6.07 Å². The molecule has 122 valence electrons. The van der Waals surface area contributed by atoms with Gasteiger partial charge >= 0.3 is 0 Å².